The molecule has 1 aromatic carbocycles. The standard InChI is InChI=1S/C10H9Cl2N3O2/c11-6-1-2-7(12)8(3-6)16-5-9-14-10(4-13)17-15-9/h1-3H,4-5,13H2. The first kappa shape index (κ1) is 12.2. The van der Waals surface area contributed by atoms with Gasteiger partial charge in [0.25, 0.3) is 0 Å². The molecule has 2 N–H and O–H groups in total. The number of halogens is 2. The van der Waals surface area contributed by atoms with Gasteiger partial charge in [0.2, 0.25) is 11.7 Å². The third kappa shape index (κ3) is 3.09. The van der Waals surface area contributed by atoms with E-state index in [1.807, 2.05) is 0 Å². The summed E-state index contributed by atoms with van der Waals surface area (Å²) in [5, 5.41) is 4.70. The van der Waals surface area contributed by atoms with E-state index in [9.17, 15) is 0 Å². The summed E-state index contributed by atoms with van der Waals surface area (Å²) in [6, 6.07) is 4.95. The van der Waals surface area contributed by atoms with Gasteiger partial charge in [-0.3, -0.25) is 0 Å². The minimum absolute atomic E-state index is 0.142. The fourth-order valence-corrected chi connectivity index (χ4v) is 1.50. The lowest BCUT2D eigenvalue weighted by molar-refractivity contribution is 0.285. The molecule has 1 heterocycles. The Kier molecular flexibility index (Phi) is 3.83. The number of hydrogen-bond donors (Lipinski definition) is 1. The summed E-state index contributed by atoms with van der Waals surface area (Å²) >= 11 is 11.7. The Labute approximate surface area is 107 Å². The molecule has 17 heavy (non-hydrogen) atoms. The molecule has 2 aromatic rings. The van der Waals surface area contributed by atoms with Crippen LogP contribution in [0.4, 0.5) is 0 Å². The maximum atomic E-state index is 5.93. The number of ether oxygens (including phenoxy) is 1. The van der Waals surface area contributed by atoms with Gasteiger partial charge in [-0.1, -0.05) is 28.4 Å². The summed E-state index contributed by atoms with van der Waals surface area (Å²) in [7, 11) is 0. The Morgan fingerprint density at radius 2 is 2.18 bits per heavy atom. The maximum absolute atomic E-state index is 5.93. The number of nitrogens with zero attached hydrogens (tertiary/aromatic N) is 2. The van der Waals surface area contributed by atoms with Crippen LogP contribution in [-0.4, -0.2) is 10.1 Å². The van der Waals surface area contributed by atoms with Gasteiger partial charge in [-0.25, -0.2) is 0 Å². The van der Waals surface area contributed by atoms with Crippen LogP contribution in [-0.2, 0) is 13.2 Å². The van der Waals surface area contributed by atoms with Crippen LogP contribution in [0.1, 0.15) is 11.7 Å². The van der Waals surface area contributed by atoms with Gasteiger partial charge in [0.05, 0.1) is 11.6 Å². The van der Waals surface area contributed by atoms with Crippen LogP contribution < -0.4 is 10.5 Å². The fraction of sp³-hybridized carbons (Fsp3) is 0.200. The summed E-state index contributed by atoms with van der Waals surface area (Å²) in [6.45, 7) is 0.342. The molecule has 0 bridgehead atoms. The van der Waals surface area contributed by atoms with Crippen LogP contribution in [0.25, 0.3) is 0 Å². The maximum Gasteiger partial charge on any atom is 0.240 e. The van der Waals surface area contributed by atoms with E-state index in [4.69, 9.17) is 38.2 Å². The second-order valence-electron chi connectivity index (χ2n) is 3.17. The zero-order chi connectivity index (χ0) is 12.3. The normalized spacial score (nSPS) is 10.5. The zero-order valence-corrected chi connectivity index (χ0v) is 10.2. The molecule has 0 amide bonds. The van der Waals surface area contributed by atoms with Crippen molar-refractivity contribution < 1.29 is 9.26 Å². The second-order valence-corrected chi connectivity index (χ2v) is 4.02. The molecule has 0 aliphatic rings. The fourth-order valence-electron chi connectivity index (χ4n) is 1.16. The third-order valence-electron chi connectivity index (χ3n) is 1.93. The third-order valence-corrected chi connectivity index (χ3v) is 2.48. The Hall–Kier alpha value is -1.30. The highest BCUT2D eigenvalue weighted by atomic mass is 35.5. The lowest BCUT2D eigenvalue weighted by Gasteiger charge is -2.05. The van der Waals surface area contributed by atoms with Crippen molar-refractivity contribution in [2.45, 2.75) is 13.2 Å². The summed E-state index contributed by atoms with van der Waals surface area (Å²) in [5.41, 5.74) is 5.34. The molecular formula is C10H9Cl2N3O2. The van der Waals surface area contributed by atoms with Crippen LogP contribution in [0.15, 0.2) is 22.7 Å². The van der Waals surface area contributed by atoms with E-state index >= 15 is 0 Å². The van der Waals surface area contributed by atoms with Crippen LogP contribution >= 0.6 is 23.2 Å². The van der Waals surface area contributed by atoms with Crippen LogP contribution in [0.3, 0.4) is 0 Å². The number of nitrogens with two attached hydrogens (primary N) is 1. The first-order valence-corrected chi connectivity index (χ1v) is 5.54. The molecule has 7 heteroatoms. The smallest absolute Gasteiger partial charge is 0.240 e. The monoisotopic (exact) mass is 273 g/mol. The van der Waals surface area contributed by atoms with Crippen molar-refractivity contribution in [1.29, 1.82) is 0 Å². The molecule has 90 valence electrons. The van der Waals surface area contributed by atoms with E-state index in [1.165, 1.54) is 0 Å². The van der Waals surface area contributed by atoms with Crippen LogP contribution in [0.2, 0.25) is 10.0 Å². The van der Waals surface area contributed by atoms with Crippen LogP contribution in [0.5, 0.6) is 5.75 Å². The number of aromatic nitrogens is 2. The lowest BCUT2D eigenvalue weighted by atomic mass is 10.3. The van der Waals surface area contributed by atoms with E-state index in [2.05, 4.69) is 10.1 Å². The molecule has 0 atom stereocenters. The predicted octanol–water partition coefficient (Wildman–Crippen LogP) is 2.41. The van der Waals surface area contributed by atoms with Gasteiger partial charge in [-0.15, -0.1) is 0 Å². The number of benzene rings is 1. The molecule has 0 aliphatic carbocycles. The average Bonchev–Trinajstić information content (AvgIpc) is 2.78. The summed E-state index contributed by atoms with van der Waals surface area (Å²) < 4.78 is 10.3. The lowest BCUT2D eigenvalue weighted by Crippen LogP contribution is -2.00. The quantitative estimate of drug-likeness (QED) is 0.926. The van der Waals surface area contributed by atoms with E-state index in [-0.39, 0.29) is 13.2 Å². The molecule has 5 nitrogen and oxygen atoms in total. The van der Waals surface area contributed by atoms with Gasteiger partial charge in [0.1, 0.15) is 5.75 Å². The van der Waals surface area contributed by atoms with E-state index < -0.39 is 0 Å². The highest BCUT2D eigenvalue weighted by Crippen LogP contribution is 2.28. The Morgan fingerprint density at radius 3 is 2.88 bits per heavy atom. The molecule has 0 unspecified atom stereocenters. The van der Waals surface area contributed by atoms with E-state index in [0.717, 1.165) is 0 Å². The van der Waals surface area contributed by atoms with Crippen LogP contribution in [0, 0.1) is 0 Å². The molecule has 0 aliphatic heterocycles. The summed E-state index contributed by atoms with van der Waals surface area (Å²) in [6.07, 6.45) is 0. The van der Waals surface area contributed by atoms with E-state index in [0.29, 0.717) is 27.5 Å². The highest BCUT2D eigenvalue weighted by molar-refractivity contribution is 6.34. The summed E-state index contributed by atoms with van der Waals surface area (Å²) in [5.74, 6) is 1.24. The Balaban J connectivity index is 2.04. The van der Waals surface area contributed by atoms with Crippen molar-refractivity contribution in [3.63, 3.8) is 0 Å². The molecule has 0 saturated carbocycles. The first-order chi connectivity index (χ1) is 8.19. The van der Waals surface area contributed by atoms with Crippen molar-refractivity contribution in [2.24, 2.45) is 5.73 Å². The molecular weight excluding hydrogens is 265 g/mol. The number of hydrogen-bond acceptors (Lipinski definition) is 5. The van der Waals surface area contributed by atoms with E-state index in [1.54, 1.807) is 18.2 Å². The minimum atomic E-state index is 0.142. The first-order valence-electron chi connectivity index (χ1n) is 4.78. The largest absolute Gasteiger partial charge is 0.484 e. The second kappa shape index (κ2) is 5.35. The Bertz CT molecular complexity index is 516. The number of rotatable bonds is 4. The highest BCUT2D eigenvalue weighted by Gasteiger charge is 2.07. The van der Waals surface area contributed by atoms with Gasteiger partial charge < -0.3 is 15.0 Å². The minimum Gasteiger partial charge on any atom is -0.484 e. The van der Waals surface area contributed by atoms with Crippen molar-refractivity contribution in [3.8, 4) is 5.75 Å². The van der Waals surface area contributed by atoms with Gasteiger partial charge >= 0.3 is 0 Å². The molecule has 0 radical (unpaired) electrons. The predicted molar refractivity (Wildman–Crippen MR) is 63.0 cm³/mol. The van der Waals surface area contributed by atoms with Crippen molar-refractivity contribution in [2.75, 3.05) is 0 Å². The Morgan fingerprint density at radius 1 is 1.35 bits per heavy atom. The van der Waals surface area contributed by atoms with Gasteiger partial charge in [0.15, 0.2) is 6.61 Å². The molecule has 1 aromatic heterocycles. The van der Waals surface area contributed by atoms with Gasteiger partial charge in [-0.05, 0) is 12.1 Å². The van der Waals surface area contributed by atoms with Gasteiger partial charge in [-0.2, -0.15) is 4.98 Å². The SMILES string of the molecule is NCc1nc(COc2cc(Cl)ccc2Cl)no1. The molecule has 0 spiro atoms. The topological polar surface area (TPSA) is 74.2 Å². The summed E-state index contributed by atoms with van der Waals surface area (Å²) in [4.78, 5) is 3.99. The zero-order valence-electron chi connectivity index (χ0n) is 8.69. The van der Waals surface area contributed by atoms with Crippen molar-refractivity contribution in [1.82, 2.24) is 10.1 Å². The average molecular weight is 274 g/mol. The van der Waals surface area contributed by atoms with Gasteiger partial charge in [0, 0.05) is 11.1 Å². The molecule has 0 fully saturated rings. The van der Waals surface area contributed by atoms with Crippen molar-refractivity contribution >= 4 is 23.2 Å². The molecule has 2 rings (SSSR count). The van der Waals surface area contributed by atoms with Crippen molar-refractivity contribution in [3.05, 3.63) is 40.0 Å². The molecule has 0 saturated heterocycles.